The molecule has 2 aromatic rings. The molecule has 0 atom stereocenters. The van der Waals surface area contributed by atoms with Crippen LogP contribution < -0.4 is 11.1 Å². The first-order chi connectivity index (χ1) is 7.22. The number of nitrogen functional groups attached to an aromatic ring is 1. The van der Waals surface area contributed by atoms with E-state index < -0.39 is 5.82 Å². The van der Waals surface area contributed by atoms with Crippen molar-refractivity contribution >= 4 is 11.8 Å². The van der Waals surface area contributed by atoms with Crippen LogP contribution in [-0.2, 0) is 0 Å². The largest absolute Gasteiger partial charge is 0.381 e. The van der Waals surface area contributed by atoms with E-state index in [0.717, 1.165) is 0 Å². The van der Waals surface area contributed by atoms with Crippen molar-refractivity contribution < 1.29 is 4.39 Å². The molecule has 0 spiro atoms. The summed E-state index contributed by atoms with van der Waals surface area (Å²) in [7, 11) is 1.63. The molecule has 0 saturated carbocycles. The third-order valence-electron chi connectivity index (χ3n) is 1.86. The highest BCUT2D eigenvalue weighted by molar-refractivity contribution is 5.60. The lowest BCUT2D eigenvalue weighted by molar-refractivity contribution is 0.624. The minimum absolute atomic E-state index is 0.101. The maximum atomic E-state index is 13.6. The van der Waals surface area contributed by atoms with Gasteiger partial charge in [-0.25, -0.2) is 9.37 Å². The van der Waals surface area contributed by atoms with Gasteiger partial charge in [0.1, 0.15) is 5.69 Å². The van der Waals surface area contributed by atoms with E-state index in [-0.39, 0.29) is 17.5 Å². The predicted molar refractivity (Wildman–Crippen MR) is 53.5 cm³/mol. The second-order valence-corrected chi connectivity index (χ2v) is 2.82. The van der Waals surface area contributed by atoms with Crippen LogP contribution >= 0.6 is 0 Å². The Morgan fingerprint density at radius 2 is 2.27 bits per heavy atom. The molecule has 6 nitrogen and oxygen atoms in total. The Labute approximate surface area is 84.7 Å². The highest BCUT2D eigenvalue weighted by atomic mass is 19.1. The van der Waals surface area contributed by atoms with E-state index in [0.29, 0.717) is 5.69 Å². The zero-order chi connectivity index (χ0) is 10.8. The van der Waals surface area contributed by atoms with Crippen LogP contribution in [0, 0.1) is 5.82 Å². The van der Waals surface area contributed by atoms with Gasteiger partial charge in [-0.3, -0.25) is 5.10 Å². The summed E-state index contributed by atoms with van der Waals surface area (Å²) in [5, 5.41) is 9.01. The molecule has 0 bridgehead atoms. The van der Waals surface area contributed by atoms with Crippen LogP contribution in [0.1, 0.15) is 0 Å². The van der Waals surface area contributed by atoms with E-state index in [1.807, 2.05) is 0 Å². The van der Waals surface area contributed by atoms with Gasteiger partial charge in [-0.05, 0) is 6.07 Å². The van der Waals surface area contributed by atoms with E-state index in [9.17, 15) is 4.39 Å². The van der Waals surface area contributed by atoms with Crippen LogP contribution in [-0.4, -0.2) is 27.2 Å². The minimum Gasteiger partial charge on any atom is -0.381 e. The summed E-state index contributed by atoms with van der Waals surface area (Å²) < 4.78 is 13.6. The highest BCUT2D eigenvalue weighted by Gasteiger charge is 2.14. The van der Waals surface area contributed by atoms with Crippen LogP contribution in [0.3, 0.4) is 0 Å². The fraction of sp³-hybridized carbons (Fsp3) is 0.125. The maximum absolute atomic E-state index is 13.6. The van der Waals surface area contributed by atoms with E-state index in [1.165, 1.54) is 6.20 Å². The molecule has 4 N–H and O–H groups in total. The van der Waals surface area contributed by atoms with Crippen molar-refractivity contribution in [2.24, 2.45) is 0 Å². The predicted octanol–water partition coefficient (Wildman–Crippen LogP) is 0.630. The monoisotopic (exact) mass is 208 g/mol. The zero-order valence-electron chi connectivity index (χ0n) is 7.95. The van der Waals surface area contributed by atoms with Crippen molar-refractivity contribution in [3.8, 4) is 11.4 Å². The van der Waals surface area contributed by atoms with Crippen molar-refractivity contribution in [2.45, 2.75) is 0 Å². The second-order valence-electron chi connectivity index (χ2n) is 2.82. The number of aromatic amines is 1. The van der Waals surface area contributed by atoms with Crippen molar-refractivity contribution in [1.82, 2.24) is 20.2 Å². The molecule has 78 valence electrons. The van der Waals surface area contributed by atoms with E-state index >= 15 is 0 Å². The lowest BCUT2D eigenvalue weighted by Gasteiger charge is -2.05. The Kier molecular flexibility index (Phi) is 2.20. The average Bonchev–Trinajstić information content (AvgIpc) is 2.75. The number of nitrogens with zero attached hydrogens (tertiary/aromatic N) is 3. The molecule has 15 heavy (non-hydrogen) atoms. The quantitative estimate of drug-likeness (QED) is 0.673. The highest BCUT2D eigenvalue weighted by Crippen LogP contribution is 2.22. The van der Waals surface area contributed by atoms with Gasteiger partial charge in [0.05, 0.1) is 5.69 Å². The summed E-state index contributed by atoms with van der Waals surface area (Å²) in [6.07, 6.45) is 1.51. The third kappa shape index (κ3) is 1.58. The molecule has 0 aliphatic carbocycles. The van der Waals surface area contributed by atoms with Crippen LogP contribution in [0.25, 0.3) is 11.4 Å². The lowest BCUT2D eigenvalue weighted by Crippen LogP contribution is -2.05. The Bertz CT molecular complexity index is 466. The number of halogens is 1. The molecular weight excluding hydrogens is 199 g/mol. The smallest absolute Gasteiger partial charge is 0.225 e. The van der Waals surface area contributed by atoms with Crippen molar-refractivity contribution in [3.05, 3.63) is 18.1 Å². The first-order valence-electron chi connectivity index (χ1n) is 4.23. The molecule has 0 unspecified atom stereocenters. The molecule has 2 heterocycles. The van der Waals surface area contributed by atoms with Gasteiger partial charge in [-0.2, -0.15) is 10.1 Å². The number of hydrogen-bond acceptors (Lipinski definition) is 5. The van der Waals surface area contributed by atoms with Gasteiger partial charge in [0.25, 0.3) is 0 Å². The number of anilines is 2. The molecule has 7 heteroatoms. The summed E-state index contributed by atoms with van der Waals surface area (Å²) in [5.41, 5.74) is 5.96. The van der Waals surface area contributed by atoms with Gasteiger partial charge in [0.15, 0.2) is 11.6 Å². The van der Waals surface area contributed by atoms with E-state index in [1.54, 1.807) is 13.1 Å². The molecule has 2 rings (SSSR count). The molecule has 0 aliphatic rings. The number of H-pyrrole nitrogens is 1. The summed E-state index contributed by atoms with van der Waals surface area (Å²) in [4.78, 5) is 7.65. The fourth-order valence-electron chi connectivity index (χ4n) is 1.14. The fourth-order valence-corrected chi connectivity index (χ4v) is 1.14. The number of hydrogen-bond donors (Lipinski definition) is 3. The van der Waals surface area contributed by atoms with E-state index in [4.69, 9.17) is 5.73 Å². The second kappa shape index (κ2) is 3.52. The standard InChI is InChI=1S/C8H9FN6/c1-11-8-13-6(4-2-3-12-15-4)5(9)7(10)14-8/h2-3H,1H3,(H,12,15)(H3,10,11,13,14). The van der Waals surface area contributed by atoms with E-state index in [2.05, 4.69) is 25.5 Å². The summed E-state index contributed by atoms with van der Waals surface area (Å²) in [6, 6.07) is 1.60. The first-order valence-corrected chi connectivity index (χ1v) is 4.23. The van der Waals surface area contributed by atoms with Crippen molar-refractivity contribution in [2.75, 3.05) is 18.1 Å². The third-order valence-corrected chi connectivity index (χ3v) is 1.86. The maximum Gasteiger partial charge on any atom is 0.225 e. The SMILES string of the molecule is CNc1nc(N)c(F)c(-c2ccn[nH]2)n1. The number of nitrogens with one attached hydrogen (secondary N) is 2. The zero-order valence-corrected chi connectivity index (χ0v) is 7.95. The number of nitrogens with two attached hydrogens (primary N) is 1. The normalized spacial score (nSPS) is 10.3. The Morgan fingerprint density at radius 3 is 2.87 bits per heavy atom. The Morgan fingerprint density at radius 1 is 1.47 bits per heavy atom. The summed E-state index contributed by atoms with van der Waals surface area (Å²) >= 11 is 0. The van der Waals surface area contributed by atoms with Gasteiger partial charge in [-0.15, -0.1) is 0 Å². The molecule has 2 aromatic heterocycles. The van der Waals surface area contributed by atoms with Crippen molar-refractivity contribution in [3.63, 3.8) is 0 Å². The van der Waals surface area contributed by atoms with Crippen LogP contribution in [0.15, 0.2) is 12.3 Å². The summed E-state index contributed by atoms with van der Waals surface area (Å²) in [6.45, 7) is 0. The molecule has 0 amide bonds. The lowest BCUT2D eigenvalue weighted by atomic mass is 10.3. The molecule has 0 fully saturated rings. The van der Waals surface area contributed by atoms with Crippen LogP contribution in [0.2, 0.25) is 0 Å². The Hall–Kier alpha value is -2.18. The Balaban J connectivity index is 2.60. The summed E-state index contributed by atoms with van der Waals surface area (Å²) in [5.74, 6) is -0.587. The van der Waals surface area contributed by atoms with Gasteiger partial charge in [-0.1, -0.05) is 0 Å². The van der Waals surface area contributed by atoms with Crippen LogP contribution in [0.4, 0.5) is 16.2 Å². The average molecular weight is 208 g/mol. The van der Waals surface area contributed by atoms with Crippen molar-refractivity contribution in [1.29, 1.82) is 0 Å². The molecule has 0 radical (unpaired) electrons. The number of rotatable bonds is 2. The topological polar surface area (TPSA) is 92.5 Å². The molecular formula is C8H9FN6. The van der Waals surface area contributed by atoms with Gasteiger partial charge in [0, 0.05) is 13.2 Å². The van der Waals surface area contributed by atoms with Gasteiger partial charge >= 0.3 is 0 Å². The molecule has 0 saturated heterocycles. The van der Waals surface area contributed by atoms with Gasteiger partial charge < -0.3 is 11.1 Å². The number of aromatic nitrogens is 4. The first kappa shape index (κ1) is 9.38. The minimum atomic E-state index is -0.654. The molecule has 0 aromatic carbocycles. The van der Waals surface area contributed by atoms with Crippen LogP contribution in [0.5, 0.6) is 0 Å². The van der Waals surface area contributed by atoms with Gasteiger partial charge in [0.2, 0.25) is 5.95 Å². The molecule has 0 aliphatic heterocycles.